The Morgan fingerprint density at radius 2 is 2.43 bits per heavy atom. The molecule has 0 saturated carbocycles. The zero-order valence-corrected chi connectivity index (χ0v) is 9.01. The Balaban J connectivity index is 2.70. The molecular weight excluding hydrogens is 196 g/mol. The number of aromatic amines is 1. The summed E-state index contributed by atoms with van der Waals surface area (Å²) in [7, 11) is 0. The minimum absolute atomic E-state index is 0.376. The highest BCUT2D eigenvalue weighted by atomic mass is 32.1. The molecule has 14 heavy (non-hydrogen) atoms. The van der Waals surface area contributed by atoms with Crippen molar-refractivity contribution in [1.29, 1.82) is 0 Å². The minimum atomic E-state index is 0.376. The van der Waals surface area contributed by atoms with E-state index >= 15 is 0 Å². The molecule has 0 aliphatic rings. The van der Waals surface area contributed by atoms with Crippen molar-refractivity contribution in [2.24, 2.45) is 0 Å². The Kier molecular flexibility index (Phi) is 2.33. The van der Waals surface area contributed by atoms with Gasteiger partial charge in [0.25, 0.3) is 0 Å². The summed E-state index contributed by atoms with van der Waals surface area (Å²) in [4.78, 5) is 7.09. The number of aromatic nitrogens is 4. The number of nitrogens with one attached hydrogen (secondary N) is 1. The summed E-state index contributed by atoms with van der Waals surface area (Å²) in [6, 6.07) is 0.376. The standard InChI is InChI=1S/C9H12N4S/c1-3-6(2)13-8-7(4-12-13)9(14)11-5-10-8/h4-6H,3H2,1-2H3,(H,10,11,14). The van der Waals surface area contributed by atoms with E-state index in [1.807, 2.05) is 4.68 Å². The Morgan fingerprint density at radius 3 is 3.14 bits per heavy atom. The molecular formula is C9H12N4S. The van der Waals surface area contributed by atoms with Gasteiger partial charge in [0, 0.05) is 0 Å². The molecule has 5 heteroatoms. The topological polar surface area (TPSA) is 46.5 Å². The number of nitrogens with zero attached hydrogens (tertiary/aromatic N) is 3. The van der Waals surface area contributed by atoms with Gasteiger partial charge in [-0.25, -0.2) is 9.67 Å². The van der Waals surface area contributed by atoms with Crippen molar-refractivity contribution in [3.05, 3.63) is 17.2 Å². The first-order valence-electron chi connectivity index (χ1n) is 4.65. The van der Waals surface area contributed by atoms with Crippen molar-refractivity contribution in [3.63, 3.8) is 0 Å². The molecule has 1 unspecified atom stereocenters. The number of H-pyrrole nitrogens is 1. The van der Waals surface area contributed by atoms with Gasteiger partial charge < -0.3 is 4.98 Å². The molecule has 0 radical (unpaired) electrons. The second-order valence-electron chi connectivity index (χ2n) is 3.32. The molecule has 2 heterocycles. The zero-order chi connectivity index (χ0) is 10.1. The van der Waals surface area contributed by atoms with Crippen molar-refractivity contribution < 1.29 is 0 Å². The van der Waals surface area contributed by atoms with Gasteiger partial charge in [0.2, 0.25) is 0 Å². The zero-order valence-electron chi connectivity index (χ0n) is 8.19. The van der Waals surface area contributed by atoms with E-state index in [1.165, 1.54) is 0 Å². The summed E-state index contributed by atoms with van der Waals surface area (Å²) < 4.78 is 2.56. The SMILES string of the molecule is CCC(C)n1ncc2c(=S)nc[nH]c21. The molecule has 1 atom stereocenters. The third-order valence-corrected chi connectivity index (χ3v) is 2.74. The van der Waals surface area contributed by atoms with Crippen LogP contribution in [0, 0.1) is 4.64 Å². The lowest BCUT2D eigenvalue weighted by Crippen LogP contribution is -2.06. The maximum atomic E-state index is 5.11. The Morgan fingerprint density at radius 1 is 1.64 bits per heavy atom. The maximum absolute atomic E-state index is 5.11. The van der Waals surface area contributed by atoms with E-state index in [9.17, 15) is 0 Å². The van der Waals surface area contributed by atoms with Gasteiger partial charge in [-0.2, -0.15) is 5.10 Å². The third kappa shape index (κ3) is 1.33. The van der Waals surface area contributed by atoms with E-state index < -0.39 is 0 Å². The molecule has 0 bridgehead atoms. The van der Waals surface area contributed by atoms with Gasteiger partial charge >= 0.3 is 0 Å². The fourth-order valence-corrected chi connectivity index (χ4v) is 1.59. The maximum Gasteiger partial charge on any atom is 0.140 e. The van der Waals surface area contributed by atoms with Crippen LogP contribution in [0.1, 0.15) is 26.3 Å². The van der Waals surface area contributed by atoms with Crippen LogP contribution in [0.5, 0.6) is 0 Å². The molecule has 0 amide bonds. The quantitative estimate of drug-likeness (QED) is 0.771. The van der Waals surface area contributed by atoms with Crippen LogP contribution < -0.4 is 0 Å². The average Bonchev–Trinajstić information content (AvgIpc) is 2.62. The molecule has 0 spiro atoms. The normalized spacial score (nSPS) is 13.3. The lowest BCUT2D eigenvalue weighted by molar-refractivity contribution is 0.489. The van der Waals surface area contributed by atoms with E-state index in [0.29, 0.717) is 10.7 Å². The van der Waals surface area contributed by atoms with Crippen LogP contribution in [0.25, 0.3) is 11.0 Å². The summed E-state index contributed by atoms with van der Waals surface area (Å²) in [5.41, 5.74) is 0.958. The van der Waals surface area contributed by atoms with E-state index in [2.05, 4.69) is 28.9 Å². The van der Waals surface area contributed by atoms with Gasteiger partial charge in [0.1, 0.15) is 10.3 Å². The van der Waals surface area contributed by atoms with Crippen LogP contribution in [0.2, 0.25) is 0 Å². The second kappa shape index (κ2) is 3.49. The van der Waals surface area contributed by atoms with E-state index in [4.69, 9.17) is 12.2 Å². The lowest BCUT2D eigenvalue weighted by atomic mass is 10.3. The van der Waals surface area contributed by atoms with E-state index in [1.54, 1.807) is 12.5 Å². The highest BCUT2D eigenvalue weighted by Gasteiger charge is 2.08. The largest absolute Gasteiger partial charge is 0.331 e. The first kappa shape index (κ1) is 9.33. The molecule has 2 aromatic heterocycles. The average molecular weight is 208 g/mol. The molecule has 0 aromatic carbocycles. The summed E-state index contributed by atoms with van der Waals surface area (Å²) in [6.45, 7) is 4.26. The van der Waals surface area contributed by atoms with Crippen LogP contribution in [0.3, 0.4) is 0 Å². The van der Waals surface area contributed by atoms with Crippen LogP contribution in [0.15, 0.2) is 12.5 Å². The summed E-state index contributed by atoms with van der Waals surface area (Å²) in [6.07, 6.45) is 4.43. The minimum Gasteiger partial charge on any atom is -0.331 e. The number of rotatable bonds is 2. The molecule has 0 fully saturated rings. The highest BCUT2D eigenvalue weighted by Crippen LogP contribution is 2.17. The predicted molar refractivity (Wildman–Crippen MR) is 57.7 cm³/mol. The second-order valence-corrected chi connectivity index (χ2v) is 3.70. The fourth-order valence-electron chi connectivity index (χ4n) is 1.39. The number of hydrogen-bond acceptors (Lipinski definition) is 3. The third-order valence-electron chi connectivity index (χ3n) is 2.42. The Labute approximate surface area is 87.0 Å². The predicted octanol–water partition coefficient (Wildman–Crippen LogP) is 2.46. The van der Waals surface area contributed by atoms with E-state index in [-0.39, 0.29) is 0 Å². The molecule has 2 rings (SSSR count). The monoisotopic (exact) mass is 208 g/mol. The molecule has 2 aromatic rings. The number of fused-ring (bicyclic) bond motifs is 1. The summed E-state index contributed by atoms with van der Waals surface area (Å²) in [5, 5.41) is 5.22. The first-order valence-corrected chi connectivity index (χ1v) is 5.05. The Hall–Kier alpha value is -1.23. The van der Waals surface area contributed by atoms with E-state index in [0.717, 1.165) is 17.5 Å². The fraction of sp³-hybridized carbons (Fsp3) is 0.444. The van der Waals surface area contributed by atoms with Gasteiger partial charge in [-0.3, -0.25) is 0 Å². The molecule has 0 aliphatic heterocycles. The van der Waals surface area contributed by atoms with Crippen molar-refractivity contribution in [3.8, 4) is 0 Å². The molecule has 4 nitrogen and oxygen atoms in total. The lowest BCUT2D eigenvalue weighted by Gasteiger charge is -2.09. The van der Waals surface area contributed by atoms with Gasteiger partial charge in [-0.05, 0) is 13.3 Å². The van der Waals surface area contributed by atoms with Crippen LogP contribution in [-0.2, 0) is 0 Å². The number of hydrogen-bond donors (Lipinski definition) is 1. The van der Waals surface area contributed by atoms with Crippen molar-refractivity contribution in [2.75, 3.05) is 0 Å². The van der Waals surface area contributed by atoms with Crippen molar-refractivity contribution in [2.45, 2.75) is 26.3 Å². The summed E-state index contributed by atoms with van der Waals surface area (Å²) in [5.74, 6) is 0. The Bertz CT molecular complexity index is 499. The van der Waals surface area contributed by atoms with Crippen LogP contribution in [0.4, 0.5) is 0 Å². The van der Waals surface area contributed by atoms with Gasteiger partial charge in [0.05, 0.1) is 24.0 Å². The molecule has 0 aliphatic carbocycles. The first-order chi connectivity index (χ1) is 6.74. The summed E-state index contributed by atoms with van der Waals surface area (Å²) >= 11 is 5.11. The molecule has 1 N–H and O–H groups in total. The highest BCUT2D eigenvalue weighted by molar-refractivity contribution is 7.71. The van der Waals surface area contributed by atoms with Crippen LogP contribution in [-0.4, -0.2) is 19.7 Å². The van der Waals surface area contributed by atoms with Crippen molar-refractivity contribution >= 4 is 23.3 Å². The molecule has 0 saturated heterocycles. The van der Waals surface area contributed by atoms with Gasteiger partial charge in [-0.15, -0.1) is 0 Å². The van der Waals surface area contributed by atoms with Gasteiger partial charge in [0.15, 0.2) is 0 Å². The van der Waals surface area contributed by atoms with Gasteiger partial charge in [-0.1, -0.05) is 19.1 Å². The smallest absolute Gasteiger partial charge is 0.140 e. The van der Waals surface area contributed by atoms with Crippen LogP contribution >= 0.6 is 12.2 Å². The van der Waals surface area contributed by atoms with Crippen molar-refractivity contribution in [1.82, 2.24) is 19.7 Å². The molecule has 74 valence electrons.